The van der Waals surface area contributed by atoms with Crippen molar-refractivity contribution in [3.05, 3.63) is 194 Å². The molecule has 4 nitrogen and oxygen atoms in total. The molecule has 11 rings (SSSR count). The highest BCUT2D eigenvalue weighted by Crippen LogP contribution is 2.39. The van der Waals surface area contributed by atoms with Crippen LogP contribution in [-0.4, -0.2) is 19.5 Å². The Hall–Kier alpha value is -7.21. The van der Waals surface area contributed by atoms with Gasteiger partial charge in [-0.3, -0.25) is 0 Å². The molecule has 0 radical (unpaired) electrons. The second-order valence-corrected chi connectivity index (χ2v) is 15.1. The van der Waals surface area contributed by atoms with Gasteiger partial charge >= 0.3 is 0 Å². The minimum absolute atomic E-state index is 0.628. The predicted octanol–water partition coefficient (Wildman–Crippen LogP) is 13.7. The fraction of sp³-hybridized carbons (Fsp3) is 0. The summed E-state index contributed by atoms with van der Waals surface area (Å²) in [4.78, 5) is 15.4. The predicted molar refractivity (Wildman–Crippen MR) is 234 cm³/mol. The SMILES string of the molecule is c1ccc(-c2ccc3c(c2)c2ccc(-c4ccccc4)cc2n3-c2cccc(-c3nc(-c4ccccc4)nc(-c4ccc5sc6ccccc6c5c4)n3)c2)cc1. The van der Waals surface area contributed by atoms with Gasteiger partial charge < -0.3 is 4.57 Å². The average molecular weight is 733 g/mol. The molecule has 11 aromatic rings. The number of fused-ring (bicyclic) bond motifs is 6. The van der Waals surface area contributed by atoms with E-state index < -0.39 is 0 Å². The summed E-state index contributed by atoms with van der Waals surface area (Å²) < 4.78 is 4.90. The largest absolute Gasteiger partial charge is 0.309 e. The van der Waals surface area contributed by atoms with Gasteiger partial charge in [0.2, 0.25) is 0 Å². The van der Waals surface area contributed by atoms with Gasteiger partial charge in [0.15, 0.2) is 17.5 Å². The lowest BCUT2D eigenvalue weighted by Gasteiger charge is -2.12. The molecule has 0 fully saturated rings. The first kappa shape index (κ1) is 32.2. The molecule has 0 spiro atoms. The molecule has 56 heavy (non-hydrogen) atoms. The first-order valence-corrected chi connectivity index (χ1v) is 19.6. The minimum Gasteiger partial charge on any atom is -0.309 e. The van der Waals surface area contributed by atoms with Crippen LogP contribution in [0.5, 0.6) is 0 Å². The Kier molecular flexibility index (Phi) is 7.64. The lowest BCUT2D eigenvalue weighted by Crippen LogP contribution is -2.01. The number of rotatable bonds is 6. The number of aromatic nitrogens is 4. The molecule has 5 heteroatoms. The highest BCUT2D eigenvalue weighted by atomic mass is 32.1. The summed E-state index contributed by atoms with van der Waals surface area (Å²) in [6, 6.07) is 68.7. The third kappa shape index (κ3) is 5.56. The number of benzene rings is 8. The fourth-order valence-corrected chi connectivity index (χ4v) is 9.01. The maximum absolute atomic E-state index is 5.19. The molecule has 0 saturated heterocycles. The topological polar surface area (TPSA) is 43.6 Å². The molecule has 0 unspecified atom stereocenters. The van der Waals surface area contributed by atoms with Crippen molar-refractivity contribution < 1.29 is 0 Å². The Labute approximate surface area is 327 Å². The number of nitrogens with zero attached hydrogens (tertiary/aromatic N) is 4. The van der Waals surface area contributed by atoms with Crippen molar-refractivity contribution in [1.82, 2.24) is 19.5 Å². The summed E-state index contributed by atoms with van der Waals surface area (Å²) in [5, 5.41) is 4.87. The van der Waals surface area contributed by atoms with Crippen LogP contribution in [0, 0.1) is 0 Å². The van der Waals surface area contributed by atoms with Crippen LogP contribution < -0.4 is 0 Å². The molecule has 3 aromatic heterocycles. The molecule has 0 N–H and O–H groups in total. The van der Waals surface area contributed by atoms with Crippen molar-refractivity contribution in [3.8, 4) is 62.1 Å². The smallest absolute Gasteiger partial charge is 0.164 e. The Morgan fingerprint density at radius 2 is 0.839 bits per heavy atom. The van der Waals surface area contributed by atoms with Crippen LogP contribution in [-0.2, 0) is 0 Å². The first-order valence-electron chi connectivity index (χ1n) is 18.8. The third-order valence-corrected chi connectivity index (χ3v) is 11.8. The van der Waals surface area contributed by atoms with Crippen molar-refractivity contribution in [2.45, 2.75) is 0 Å². The van der Waals surface area contributed by atoms with Gasteiger partial charge in [0, 0.05) is 53.3 Å². The summed E-state index contributed by atoms with van der Waals surface area (Å²) in [7, 11) is 0. The van der Waals surface area contributed by atoms with E-state index in [1.165, 1.54) is 53.2 Å². The van der Waals surface area contributed by atoms with Crippen LogP contribution in [0.4, 0.5) is 0 Å². The van der Waals surface area contributed by atoms with Crippen LogP contribution in [0.2, 0.25) is 0 Å². The molecule has 8 aromatic carbocycles. The third-order valence-electron chi connectivity index (χ3n) is 10.6. The zero-order valence-electron chi connectivity index (χ0n) is 30.2. The van der Waals surface area contributed by atoms with Crippen molar-refractivity contribution in [3.63, 3.8) is 0 Å². The van der Waals surface area contributed by atoms with E-state index in [-0.39, 0.29) is 0 Å². The zero-order valence-corrected chi connectivity index (χ0v) is 31.0. The molecule has 0 saturated carbocycles. The van der Waals surface area contributed by atoms with Gasteiger partial charge in [-0.05, 0) is 76.9 Å². The normalized spacial score (nSPS) is 11.6. The van der Waals surface area contributed by atoms with Crippen LogP contribution in [0.3, 0.4) is 0 Å². The summed E-state index contributed by atoms with van der Waals surface area (Å²) in [5.74, 6) is 1.92. The molecule has 3 heterocycles. The van der Waals surface area contributed by atoms with Crippen molar-refractivity contribution in [2.75, 3.05) is 0 Å². The summed E-state index contributed by atoms with van der Waals surface area (Å²) in [6.45, 7) is 0. The van der Waals surface area contributed by atoms with E-state index in [9.17, 15) is 0 Å². The van der Waals surface area contributed by atoms with Gasteiger partial charge in [0.1, 0.15) is 0 Å². The van der Waals surface area contributed by atoms with Crippen LogP contribution in [0.25, 0.3) is 104 Å². The maximum atomic E-state index is 5.19. The molecule has 0 amide bonds. The van der Waals surface area contributed by atoms with Crippen LogP contribution >= 0.6 is 11.3 Å². The van der Waals surface area contributed by atoms with E-state index in [1.54, 1.807) is 0 Å². The van der Waals surface area contributed by atoms with Crippen molar-refractivity contribution in [1.29, 1.82) is 0 Å². The Morgan fingerprint density at radius 1 is 0.304 bits per heavy atom. The van der Waals surface area contributed by atoms with Gasteiger partial charge in [-0.15, -0.1) is 11.3 Å². The second-order valence-electron chi connectivity index (χ2n) is 14.1. The zero-order chi connectivity index (χ0) is 37.0. The molecular weight excluding hydrogens is 701 g/mol. The number of hydrogen-bond donors (Lipinski definition) is 0. The van der Waals surface area contributed by atoms with E-state index in [0.717, 1.165) is 33.4 Å². The number of hydrogen-bond acceptors (Lipinski definition) is 4. The first-order chi connectivity index (χ1) is 27.7. The van der Waals surface area contributed by atoms with E-state index in [0.29, 0.717) is 17.5 Å². The Balaban J connectivity index is 1.10. The quantitative estimate of drug-likeness (QED) is 0.171. The van der Waals surface area contributed by atoms with Gasteiger partial charge in [-0.2, -0.15) is 0 Å². The van der Waals surface area contributed by atoms with Crippen molar-refractivity contribution >= 4 is 53.3 Å². The number of thiophene rings is 1. The van der Waals surface area contributed by atoms with E-state index in [2.05, 4.69) is 180 Å². The van der Waals surface area contributed by atoms with Gasteiger partial charge in [0.25, 0.3) is 0 Å². The minimum atomic E-state index is 0.628. The fourth-order valence-electron chi connectivity index (χ4n) is 7.92. The average Bonchev–Trinajstić information content (AvgIpc) is 3.82. The van der Waals surface area contributed by atoms with E-state index in [4.69, 9.17) is 15.0 Å². The molecule has 0 aliphatic carbocycles. The molecule has 0 bridgehead atoms. The summed E-state index contributed by atoms with van der Waals surface area (Å²) in [6.07, 6.45) is 0. The molecule has 262 valence electrons. The lowest BCUT2D eigenvalue weighted by molar-refractivity contribution is 1.07. The summed E-state index contributed by atoms with van der Waals surface area (Å²) >= 11 is 1.81. The maximum Gasteiger partial charge on any atom is 0.164 e. The highest BCUT2D eigenvalue weighted by Gasteiger charge is 2.18. The molecule has 0 aliphatic heterocycles. The standard InChI is InChI=1S/C51H32N4S/c1-4-13-33(14-5-1)36-24-27-45-43(30-36)41-26-23-37(34-15-6-2-7-16-34)32-46(41)55(45)40-20-12-19-38(29-40)50-52-49(35-17-8-3-9-18-35)53-51(54-50)39-25-28-48-44(31-39)42-21-10-11-22-47(42)56-48/h1-32H. The van der Waals surface area contributed by atoms with Gasteiger partial charge in [-0.1, -0.05) is 140 Å². The van der Waals surface area contributed by atoms with Crippen LogP contribution in [0.1, 0.15) is 0 Å². The molecule has 0 aliphatic rings. The lowest BCUT2D eigenvalue weighted by atomic mass is 10.0. The summed E-state index contributed by atoms with van der Waals surface area (Å²) in [5.41, 5.74) is 10.9. The van der Waals surface area contributed by atoms with E-state index in [1.807, 2.05) is 29.5 Å². The molecular formula is C51H32N4S. The van der Waals surface area contributed by atoms with Gasteiger partial charge in [0.05, 0.1) is 11.0 Å². The Morgan fingerprint density at radius 3 is 1.57 bits per heavy atom. The van der Waals surface area contributed by atoms with Crippen molar-refractivity contribution in [2.24, 2.45) is 0 Å². The Bertz CT molecular complexity index is 3240. The van der Waals surface area contributed by atoms with Gasteiger partial charge in [-0.25, -0.2) is 15.0 Å². The van der Waals surface area contributed by atoms with Crippen LogP contribution in [0.15, 0.2) is 194 Å². The highest BCUT2D eigenvalue weighted by molar-refractivity contribution is 7.25. The monoisotopic (exact) mass is 732 g/mol. The molecule has 0 atom stereocenters. The van der Waals surface area contributed by atoms with E-state index >= 15 is 0 Å². The second kappa shape index (κ2) is 13.3.